The number of ketones is 1. The van der Waals surface area contributed by atoms with E-state index in [0.29, 0.717) is 24.3 Å². The highest BCUT2D eigenvalue weighted by Gasteiger charge is 2.26. The lowest BCUT2D eigenvalue weighted by atomic mass is 10.0. The van der Waals surface area contributed by atoms with Gasteiger partial charge in [0.2, 0.25) is 15.9 Å². The molecule has 148 valence electrons. The highest BCUT2D eigenvalue weighted by Crippen LogP contribution is 2.22. The van der Waals surface area contributed by atoms with Crippen molar-refractivity contribution in [2.45, 2.75) is 37.5 Å². The summed E-state index contributed by atoms with van der Waals surface area (Å²) in [6.45, 7) is 3.05. The van der Waals surface area contributed by atoms with Crippen molar-refractivity contribution in [3.05, 3.63) is 59.7 Å². The van der Waals surface area contributed by atoms with Gasteiger partial charge >= 0.3 is 0 Å². The number of hydrogen-bond donors (Lipinski definition) is 1. The second-order valence-electron chi connectivity index (χ2n) is 6.97. The van der Waals surface area contributed by atoms with E-state index in [1.807, 2.05) is 19.1 Å². The fourth-order valence-corrected chi connectivity index (χ4v) is 4.64. The van der Waals surface area contributed by atoms with Crippen LogP contribution in [0.4, 0.5) is 5.69 Å². The molecule has 0 bridgehead atoms. The molecule has 0 aliphatic carbocycles. The van der Waals surface area contributed by atoms with Crippen molar-refractivity contribution >= 4 is 27.4 Å². The molecule has 1 fully saturated rings. The van der Waals surface area contributed by atoms with Gasteiger partial charge in [0, 0.05) is 37.2 Å². The zero-order valence-electron chi connectivity index (χ0n) is 15.8. The maximum atomic E-state index is 12.5. The fraction of sp³-hybridized carbons (Fsp3) is 0.333. The minimum atomic E-state index is -3.46. The Morgan fingerprint density at radius 1 is 0.929 bits per heavy atom. The molecule has 0 aromatic heterocycles. The van der Waals surface area contributed by atoms with E-state index in [9.17, 15) is 18.0 Å². The highest BCUT2D eigenvalue weighted by molar-refractivity contribution is 7.89. The Hall–Kier alpha value is -2.51. The van der Waals surface area contributed by atoms with Crippen LogP contribution < -0.4 is 5.32 Å². The summed E-state index contributed by atoms with van der Waals surface area (Å²) in [5.74, 6) is -0.363. The second kappa shape index (κ2) is 8.67. The zero-order valence-corrected chi connectivity index (χ0v) is 16.7. The van der Waals surface area contributed by atoms with Crippen molar-refractivity contribution in [1.82, 2.24) is 4.31 Å². The number of nitrogens with zero attached hydrogens (tertiary/aromatic N) is 1. The predicted octanol–water partition coefficient (Wildman–Crippen LogP) is 3.38. The predicted molar refractivity (Wildman–Crippen MR) is 108 cm³/mol. The number of carbonyl (C=O) groups excluding carboxylic acids is 2. The number of rotatable bonds is 7. The van der Waals surface area contributed by atoms with E-state index in [-0.39, 0.29) is 29.4 Å². The van der Waals surface area contributed by atoms with Crippen molar-refractivity contribution in [2.75, 3.05) is 18.4 Å². The lowest BCUT2D eigenvalue weighted by Gasteiger charge is -2.15. The van der Waals surface area contributed by atoms with Crippen LogP contribution in [-0.4, -0.2) is 37.5 Å². The van der Waals surface area contributed by atoms with E-state index in [1.165, 1.54) is 16.4 Å². The Bertz CT molecular complexity index is 945. The fourth-order valence-electron chi connectivity index (χ4n) is 3.12. The molecule has 3 rings (SSSR count). The molecule has 28 heavy (non-hydrogen) atoms. The Balaban J connectivity index is 1.54. The van der Waals surface area contributed by atoms with Crippen LogP contribution in [-0.2, 0) is 14.8 Å². The molecule has 6 nitrogen and oxygen atoms in total. The van der Waals surface area contributed by atoms with Crippen LogP contribution in [0.3, 0.4) is 0 Å². The summed E-state index contributed by atoms with van der Waals surface area (Å²) in [5.41, 5.74) is 2.17. The molecule has 1 aliphatic rings. The molecular formula is C21H24N2O4S. The number of hydrogen-bond acceptors (Lipinski definition) is 4. The van der Waals surface area contributed by atoms with Gasteiger partial charge in [0.05, 0.1) is 4.90 Å². The second-order valence-corrected chi connectivity index (χ2v) is 8.91. The first-order valence-electron chi connectivity index (χ1n) is 9.36. The van der Waals surface area contributed by atoms with Gasteiger partial charge in [-0.1, -0.05) is 29.8 Å². The Kier molecular flexibility index (Phi) is 6.26. The van der Waals surface area contributed by atoms with Crippen LogP contribution in [0.25, 0.3) is 0 Å². The van der Waals surface area contributed by atoms with Crippen molar-refractivity contribution in [3.8, 4) is 0 Å². The lowest BCUT2D eigenvalue weighted by Crippen LogP contribution is -2.27. The minimum Gasteiger partial charge on any atom is -0.326 e. The molecular weight excluding hydrogens is 376 g/mol. The average molecular weight is 401 g/mol. The Morgan fingerprint density at radius 2 is 1.54 bits per heavy atom. The standard InChI is InChI=1S/C21H24N2O4S/c1-16-4-6-17(7-5-16)20(24)12-13-21(25)22-18-8-10-19(11-9-18)28(26,27)23-14-2-3-15-23/h4-11H,2-3,12-15H2,1H3,(H,22,25). The maximum Gasteiger partial charge on any atom is 0.243 e. The van der Waals surface area contributed by atoms with Gasteiger partial charge in [0.15, 0.2) is 5.78 Å². The van der Waals surface area contributed by atoms with E-state index >= 15 is 0 Å². The van der Waals surface area contributed by atoms with Crippen molar-refractivity contribution in [3.63, 3.8) is 0 Å². The first-order valence-corrected chi connectivity index (χ1v) is 10.8. The summed E-state index contributed by atoms with van der Waals surface area (Å²) >= 11 is 0. The molecule has 0 saturated carbocycles. The van der Waals surface area contributed by atoms with E-state index in [2.05, 4.69) is 5.32 Å². The lowest BCUT2D eigenvalue weighted by molar-refractivity contribution is -0.116. The molecule has 0 unspecified atom stereocenters. The van der Waals surface area contributed by atoms with Crippen LogP contribution in [0.5, 0.6) is 0 Å². The number of benzene rings is 2. The van der Waals surface area contributed by atoms with E-state index < -0.39 is 10.0 Å². The zero-order chi connectivity index (χ0) is 20.1. The molecule has 1 N–H and O–H groups in total. The largest absolute Gasteiger partial charge is 0.326 e. The Morgan fingerprint density at radius 3 is 2.14 bits per heavy atom. The topological polar surface area (TPSA) is 83.5 Å². The maximum absolute atomic E-state index is 12.5. The summed E-state index contributed by atoms with van der Waals surface area (Å²) in [4.78, 5) is 24.5. The number of carbonyl (C=O) groups is 2. The summed E-state index contributed by atoms with van der Waals surface area (Å²) in [7, 11) is -3.46. The van der Waals surface area contributed by atoms with Crippen molar-refractivity contribution in [2.24, 2.45) is 0 Å². The molecule has 1 aliphatic heterocycles. The molecule has 0 atom stereocenters. The molecule has 2 aromatic rings. The van der Waals surface area contributed by atoms with Crippen LogP contribution >= 0.6 is 0 Å². The minimum absolute atomic E-state index is 0.0700. The van der Waals surface area contributed by atoms with Gasteiger partial charge < -0.3 is 5.32 Å². The summed E-state index contributed by atoms with van der Waals surface area (Å²) < 4.78 is 26.5. The van der Waals surface area contributed by atoms with Gasteiger partial charge in [-0.05, 0) is 44.0 Å². The van der Waals surface area contributed by atoms with Crippen molar-refractivity contribution in [1.29, 1.82) is 0 Å². The molecule has 1 heterocycles. The number of Topliss-reactive ketones (excluding diaryl/α,β-unsaturated/α-hetero) is 1. The molecule has 1 saturated heterocycles. The highest BCUT2D eigenvalue weighted by atomic mass is 32.2. The van der Waals surface area contributed by atoms with Gasteiger partial charge in [-0.15, -0.1) is 0 Å². The third kappa shape index (κ3) is 4.85. The molecule has 0 radical (unpaired) electrons. The van der Waals surface area contributed by atoms with Gasteiger partial charge in [-0.3, -0.25) is 9.59 Å². The van der Waals surface area contributed by atoms with Crippen LogP contribution in [0.2, 0.25) is 0 Å². The number of anilines is 1. The summed E-state index contributed by atoms with van der Waals surface area (Å²) in [6, 6.07) is 13.4. The number of amides is 1. The molecule has 0 spiro atoms. The van der Waals surface area contributed by atoms with Crippen molar-refractivity contribution < 1.29 is 18.0 Å². The van der Waals surface area contributed by atoms with Gasteiger partial charge in [-0.25, -0.2) is 8.42 Å². The molecule has 7 heteroatoms. The van der Waals surface area contributed by atoms with E-state index in [1.54, 1.807) is 24.3 Å². The third-order valence-electron chi connectivity index (χ3n) is 4.79. The van der Waals surface area contributed by atoms with E-state index in [0.717, 1.165) is 18.4 Å². The summed E-state index contributed by atoms with van der Waals surface area (Å²) in [6.07, 6.45) is 1.96. The quantitative estimate of drug-likeness (QED) is 0.722. The van der Waals surface area contributed by atoms with Gasteiger partial charge in [-0.2, -0.15) is 4.31 Å². The van der Waals surface area contributed by atoms with Crippen LogP contribution in [0.15, 0.2) is 53.4 Å². The van der Waals surface area contributed by atoms with E-state index in [4.69, 9.17) is 0 Å². The Labute approximate surface area is 165 Å². The SMILES string of the molecule is Cc1ccc(C(=O)CCC(=O)Nc2ccc(S(=O)(=O)N3CCCC3)cc2)cc1. The monoisotopic (exact) mass is 400 g/mol. The number of sulfonamides is 1. The van der Waals surface area contributed by atoms with Gasteiger partial charge in [0.1, 0.15) is 0 Å². The molecule has 1 amide bonds. The average Bonchev–Trinajstić information content (AvgIpc) is 3.23. The normalized spacial score (nSPS) is 14.8. The van der Waals surface area contributed by atoms with Crippen LogP contribution in [0.1, 0.15) is 41.6 Å². The third-order valence-corrected chi connectivity index (χ3v) is 6.71. The molecule has 2 aromatic carbocycles. The smallest absolute Gasteiger partial charge is 0.243 e. The van der Waals surface area contributed by atoms with Crippen LogP contribution in [0, 0.1) is 6.92 Å². The first-order chi connectivity index (χ1) is 13.4. The van der Waals surface area contributed by atoms with Gasteiger partial charge in [0.25, 0.3) is 0 Å². The number of aryl methyl sites for hydroxylation is 1. The number of nitrogens with one attached hydrogen (secondary N) is 1. The summed E-state index contributed by atoms with van der Waals surface area (Å²) in [5, 5.41) is 2.71. The first kappa shape index (κ1) is 20.2.